The maximum Gasteiger partial charge on any atom is 0.223 e. The summed E-state index contributed by atoms with van der Waals surface area (Å²) >= 11 is 8.26. The number of halogens is 2. The van der Waals surface area contributed by atoms with Gasteiger partial charge in [-0.15, -0.1) is 11.3 Å². The van der Waals surface area contributed by atoms with Crippen LogP contribution in [0.1, 0.15) is 62.9 Å². The van der Waals surface area contributed by atoms with Crippen LogP contribution in [0.5, 0.6) is 5.75 Å². The minimum atomic E-state index is -0.301. The molecule has 5 aromatic rings. The Balaban J connectivity index is 1.08. The fourth-order valence-corrected chi connectivity index (χ4v) is 7.80. The Morgan fingerprint density at radius 3 is 2.72 bits per heavy atom. The zero-order chi connectivity index (χ0) is 32.0. The van der Waals surface area contributed by atoms with Crippen LogP contribution >= 0.6 is 22.9 Å². The molecule has 11 heteroatoms. The highest BCUT2D eigenvalue weighted by molar-refractivity contribution is 7.22. The number of amides is 1. The molecule has 1 amide bonds. The monoisotopic (exact) mass is 658 g/mol. The minimum Gasteiger partial charge on any atom is -0.487 e. The highest BCUT2D eigenvalue weighted by Crippen LogP contribution is 2.46. The van der Waals surface area contributed by atoms with Gasteiger partial charge in [0.25, 0.3) is 0 Å². The molecular weight excluding hydrogens is 623 g/mol. The Morgan fingerprint density at radius 2 is 1.96 bits per heavy atom. The summed E-state index contributed by atoms with van der Waals surface area (Å²) in [5, 5.41) is 9.96. The number of anilines is 2. The number of aromatic nitrogens is 4. The third-order valence-electron chi connectivity index (χ3n) is 8.60. The molecule has 0 radical (unpaired) electrons. The number of fused-ring (bicyclic) bond motifs is 5. The summed E-state index contributed by atoms with van der Waals surface area (Å²) in [6.07, 6.45) is 7.88. The Kier molecular flexibility index (Phi) is 8.19. The van der Waals surface area contributed by atoms with E-state index >= 15 is 0 Å². The predicted octanol–water partition coefficient (Wildman–Crippen LogP) is 8.37. The first kappa shape index (κ1) is 30.6. The average molecular weight is 659 g/mol. The lowest BCUT2D eigenvalue weighted by atomic mass is 9.91. The number of hydrogen-bond donors (Lipinski definition) is 1. The molecule has 46 heavy (non-hydrogen) atoms. The first-order valence-electron chi connectivity index (χ1n) is 15.7. The highest BCUT2D eigenvalue weighted by atomic mass is 35.5. The van der Waals surface area contributed by atoms with Crippen molar-refractivity contribution >= 4 is 50.6 Å². The number of nitrogens with zero attached hydrogens (tertiary/aromatic N) is 5. The van der Waals surface area contributed by atoms with Gasteiger partial charge in [0, 0.05) is 41.8 Å². The fourth-order valence-electron chi connectivity index (χ4n) is 6.34. The van der Waals surface area contributed by atoms with Gasteiger partial charge in [-0.25, -0.2) is 14.4 Å². The summed E-state index contributed by atoms with van der Waals surface area (Å²) < 4.78 is 21.5. The van der Waals surface area contributed by atoms with Gasteiger partial charge in [-0.1, -0.05) is 44.5 Å². The van der Waals surface area contributed by atoms with Crippen LogP contribution in [0.25, 0.3) is 20.7 Å². The van der Waals surface area contributed by atoms with E-state index in [0.29, 0.717) is 17.2 Å². The molecule has 4 heterocycles. The van der Waals surface area contributed by atoms with Gasteiger partial charge < -0.3 is 15.0 Å². The second-order valence-electron chi connectivity index (χ2n) is 13.3. The number of carbonyl (C=O) groups excluding carboxylic acids is 1. The van der Waals surface area contributed by atoms with E-state index < -0.39 is 0 Å². The number of likely N-dealkylation sites (tertiary alicyclic amines) is 1. The van der Waals surface area contributed by atoms with Crippen LogP contribution in [0, 0.1) is 11.2 Å². The van der Waals surface area contributed by atoms with E-state index in [0.717, 1.165) is 71.8 Å². The molecule has 1 fully saturated rings. The maximum atomic E-state index is 13.5. The van der Waals surface area contributed by atoms with Crippen LogP contribution in [0.3, 0.4) is 0 Å². The van der Waals surface area contributed by atoms with Crippen LogP contribution in [0.15, 0.2) is 55.0 Å². The first-order chi connectivity index (χ1) is 22.1. The van der Waals surface area contributed by atoms with Crippen LogP contribution in [-0.4, -0.2) is 43.6 Å². The van der Waals surface area contributed by atoms with Crippen molar-refractivity contribution in [3.05, 3.63) is 82.6 Å². The van der Waals surface area contributed by atoms with Crippen molar-refractivity contribution in [2.75, 3.05) is 18.4 Å². The zero-order valence-electron chi connectivity index (χ0n) is 26.1. The van der Waals surface area contributed by atoms with Gasteiger partial charge in [0.2, 0.25) is 5.91 Å². The van der Waals surface area contributed by atoms with Gasteiger partial charge in [-0.2, -0.15) is 5.10 Å². The summed E-state index contributed by atoms with van der Waals surface area (Å²) in [5.41, 5.74) is 5.03. The number of piperidine rings is 1. The summed E-state index contributed by atoms with van der Waals surface area (Å²) in [6, 6.07) is 12.1. The molecule has 2 aromatic carbocycles. The molecule has 7 rings (SSSR count). The van der Waals surface area contributed by atoms with Crippen molar-refractivity contribution in [2.24, 2.45) is 5.41 Å². The smallest absolute Gasteiger partial charge is 0.223 e. The van der Waals surface area contributed by atoms with Crippen LogP contribution in [-0.2, 0) is 24.2 Å². The first-order valence-corrected chi connectivity index (χ1v) is 16.9. The third kappa shape index (κ3) is 6.33. The molecule has 0 bridgehead atoms. The van der Waals surface area contributed by atoms with Crippen LogP contribution in [0.2, 0.25) is 5.02 Å². The number of rotatable bonds is 7. The molecule has 1 aliphatic carbocycles. The number of aryl methyl sites for hydroxylation is 2. The van der Waals surface area contributed by atoms with E-state index in [1.54, 1.807) is 35.9 Å². The average Bonchev–Trinajstić information content (AvgIpc) is 3.62. The van der Waals surface area contributed by atoms with Gasteiger partial charge in [0.1, 0.15) is 35.1 Å². The molecule has 238 valence electrons. The quantitative estimate of drug-likeness (QED) is 0.189. The van der Waals surface area contributed by atoms with E-state index in [1.807, 2.05) is 17.0 Å². The topological polar surface area (TPSA) is 85.2 Å². The molecule has 1 N–H and O–H groups in total. The van der Waals surface area contributed by atoms with Gasteiger partial charge >= 0.3 is 0 Å². The largest absolute Gasteiger partial charge is 0.487 e. The van der Waals surface area contributed by atoms with E-state index in [4.69, 9.17) is 21.4 Å². The standard InChI is InChI=1S/C35H36ClFN6O2S/c1-35(2,3)17-30(44)42-13-11-24(12-14-42)43-18-26-28(41-43)9-8-25-31-33(38-20-39-34(31)46-32(25)26)40-23-7-10-29(27(36)16-23)45-19-21-5-4-6-22(37)15-21/h4-7,10,15-16,18,20,24H,8-9,11-14,17,19H2,1-3H3,(H,38,39,40). The lowest BCUT2D eigenvalue weighted by Gasteiger charge is -2.33. The van der Waals surface area contributed by atoms with Gasteiger partial charge in [-0.05, 0) is 72.6 Å². The summed E-state index contributed by atoms with van der Waals surface area (Å²) in [7, 11) is 0. The Hall–Kier alpha value is -4.02. The lowest BCUT2D eigenvalue weighted by molar-refractivity contribution is -0.134. The summed E-state index contributed by atoms with van der Waals surface area (Å²) in [5.74, 6) is 1.20. The molecule has 0 unspecified atom stereocenters. The number of thiophene rings is 1. The Labute approximate surface area is 276 Å². The molecule has 0 saturated carbocycles. The van der Waals surface area contributed by atoms with Crippen molar-refractivity contribution in [1.82, 2.24) is 24.6 Å². The van der Waals surface area contributed by atoms with Gasteiger partial charge in [0.15, 0.2) is 0 Å². The summed E-state index contributed by atoms with van der Waals surface area (Å²) in [6.45, 7) is 8.09. The van der Waals surface area contributed by atoms with E-state index in [-0.39, 0.29) is 29.8 Å². The SMILES string of the molecule is CC(C)(C)CC(=O)N1CCC(n2cc3c(n2)CCc2c-3sc3ncnc(Nc4ccc(OCc5cccc(F)c5)c(Cl)c4)c23)CC1. The number of carbonyl (C=O) groups is 1. The number of hydrogen-bond acceptors (Lipinski definition) is 7. The number of ether oxygens (including phenoxy) is 1. The Bertz CT molecular complexity index is 1920. The molecule has 0 atom stereocenters. The van der Waals surface area contributed by atoms with Crippen molar-refractivity contribution in [3.8, 4) is 16.2 Å². The molecule has 1 aliphatic heterocycles. The van der Waals surface area contributed by atoms with Crippen LogP contribution < -0.4 is 10.1 Å². The van der Waals surface area contributed by atoms with Crippen molar-refractivity contribution < 1.29 is 13.9 Å². The minimum absolute atomic E-state index is 0.00431. The third-order valence-corrected chi connectivity index (χ3v) is 10.1. The Morgan fingerprint density at radius 1 is 1.13 bits per heavy atom. The van der Waals surface area contributed by atoms with Crippen molar-refractivity contribution in [1.29, 1.82) is 0 Å². The molecular formula is C35H36ClFN6O2S. The maximum absolute atomic E-state index is 13.5. The molecule has 1 saturated heterocycles. The predicted molar refractivity (Wildman–Crippen MR) is 180 cm³/mol. The fraction of sp³-hybridized carbons (Fsp3) is 0.371. The second-order valence-corrected chi connectivity index (χ2v) is 14.7. The van der Waals surface area contributed by atoms with E-state index in [2.05, 4.69) is 46.9 Å². The van der Waals surface area contributed by atoms with Crippen molar-refractivity contribution in [2.45, 2.75) is 65.5 Å². The van der Waals surface area contributed by atoms with E-state index in [9.17, 15) is 9.18 Å². The van der Waals surface area contributed by atoms with Gasteiger partial charge in [0.05, 0.1) is 22.1 Å². The normalized spacial score (nSPS) is 15.1. The zero-order valence-corrected chi connectivity index (χ0v) is 27.7. The number of benzene rings is 2. The lowest BCUT2D eigenvalue weighted by Crippen LogP contribution is -2.40. The number of nitrogens with one attached hydrogen (secondary N) is 1. The van der Waals surface area contributed by atoms with E-state index in [1.165, 1.54) is 28.1 Å². The van der Waals surface area contributed by atoms with Crippen molar-refractivity contribution in [3.63, 3.8) is 0 Å². The molecule has 0 spiro atoms. The highest BCUT2D eigenvalue weighted by Gasteiger charge is 2.30. The second kappa shape index (κ2) is 12.3. The molecule has 8 nitrogen and oxygen atoms in total. The van der Waals surface area contributed by atoms with Gasteiger partial charge in [-0.3, -0.25) is 9.48 Å². The summed E-state index contributed by atoms with van der Waals surface area (Å²) in [4.78, 5) is 26.2. The molecule has 3 aromatic heterocycles. The van der Waals surface area contributed by atoms with Crippen LogP contribution in [0.4, 0.5) is 15.9 Å². The molecule has 2 aliphatic rings.